The van der Waals surface area contributed by atoms with Crippen LogP contribution in [0.5, 0.6) is 0 Å². The minimum Gasteiger partial charge on any atom is -0.398 e. The lowest BCUT2D eigenvalue weighted by Gasteiger charge is -1.97. The molecule has 0 amide bonds. The van der Waals surface area contributed by atoms with Crippen LogP contribution in [-0.2, 0) is 6.42 Å². The van der Waals surface area contributed by atoms with Crippen LogP contribution in [0.1, 0.15) is 5.56 Å². The average molecular weight is 133 g/mol. The van der Waals surface area contributed by atoms with Crippen molar-refractivity contribution in [2.45, 2.75) is 6.42 Å². The van der Waals surface area contributed by atoms with E-state index < -0.39 is 0 Å². The summed E-state index contributed by atoms with van der Waals surface area (Å²) >= 11 is 0. The molecule has 0 spiro atoms. The van der Waals surface area contributed by atoms with E-state index in [4.69, 9.17) is 5.73 Å². The van der Waals surface area contributed by atoms with E-state index >= 15 is 0 Å². The fraction of sp³-hybridized carbons (Fsp3) is 0.125. The molecular formula is C8H9N2. The summed E-state index contributed by atoms with van der Waals surface area (Å²) in [6.45, 7) is 3.59. The molecule has 0 aliphatic carbocycles. The van der Waals surface area contributed by atoms with Crippen LogP contribution >= 0.6 is 0 Å². The zero-order chi connectivity index (χ0) is 7.40. The Morgan fingerprint density at radius 3 is 3.20 bits per heavy atom. The van der Waals surface area contributed by atoms with Gasteiger partial charge < -0.3 is 5.73 Å². The number of nitrogen functional groups attached to an aromatic ring is 1. The number of aromatic nitrogens is 1. The highest BCUT2D eigenvalue weighted by atomic mass is 14.7. The third-order valence-corrected chi connectivity index (χ3v) is 1.23. The molecule has 1 rings (SSSR count). The highest BCUT2D eigenvalue weighted by molar-refractivity contribution is 5.44. The Labute approximate surface area is 60.4 Å². The number of hydrogen-bond acceptors (Lipinski definition) is 2. The Hall–Kier alpha value is -1.31. The molecule has 1 aromatic heterocycles. The van der Waals surface area contributed by atoms with Crippen molar-refractivity contribution in [1.82, 2.24) is 4.98 Å². The van der Waals surface area contributed by atoms with E-state index in [2.05, 4.69) is 17.8 Å². The van der Waals surface area contributed by atoms with Gasteiger partial charge in [-0.05, 0) is 12.5 Å². The van der Waals surface area contributed by atoms with Crippen LogP contribution in [0, 0.1) is 6.20 Å². The first-order valence-electron chi connectivity index (χ1n) is 3.06. The maximum atomic E-state index is 5.59. The van der Waals surface area contributed by atoms with Crippen molar-refractivity contribution >= 4 is 5.69 Å². The van der Waals surface area contributed by atoms with E-state index in [1.165, 1.54) is 0 Å². The molecule has 10 heavy (non-hydrogen) atoms. The molecule has 0 aliphatic heterocycles. The van der Waals surface area contributed by atoms with Gasteiger partial charge >= 0.3 is 0 Å². The van der Waals surface area contributed by atoms with E-state index in [-0.39, 0.29) is 0 Å². The van der Waals surface area contributed by atoms with Crippen molar-refractivity contribution in [3.8, 4) is 0 Å². The molecule has 1 radical (unpaired) electrons. The van der Waals surface area contributed by atoms with Gasteiger partial charge in [-0.2, -0.15) is 0 Å². The van der Waals surface area contributed by atoms with Gasteiger partial charge in [0.05, 0.1) is 6.20 Å². The number of nitrogens with two attached hydrogens (primary N) is 1. The van der Waals surface area contributed by atoms with Gasteiger partial charge in [-0.1, -0.05) is 6.08 Å². The molecule has 1 aromatic rings. The highest BCUT2D eigenvalue weighted by Crippen LogP contribution is 2.07. The smallest absolute Gasteiger partial charge is 0.0945 e. The summed E-state index contributed by atoms with van der Waals surface area (Å²) in [5.74, 6) is 0. The quantitative estimate of drug-likeness (QED) is 0.615. The Bertz CT molecular complexity index is 230. The van der Waals surface area contributed by atoms with E-state index in [0.717, 1.165) is 17.7 Å². The summed E-state index contributed by atoms with van der Waals surface area (Å²) in [5.41, 5.74) is 7.23. The Kier molecular flexibility index (Phi) is 2.05. The first-order chi connectivity index (χ1) is 4.84. The summed E-state index contributed by atoms with van der Waals surface area (Å²) in [7, 11) is 0. The third kappa shape index (κ3) is 1.35. The van der Waals surface area contributed by atoms with Crippen molar-refractivity contribution < 1.29 is 0 Å². The summed E-state index contributed by atoms with van der Waals surface area (Å²) in [4.78, 5) is 3.81. The van der Waals surface area contributed by atoms with Crippen molar-refractivity contribution in [3.63, 3.8) is 0 Å². The second kappa shape index (κ2) is 3.01. The Morgan fingerprint density at radius 1 is 1.80 bits per heavy atom. The lowest BCUT2D eigenvalue weighted by Crippen LogP contribution is -1.93. The molecule has 0 fully saturated rings. The largest absolute Gasteiger partial charge is 0.398 e. The summed E-state index contributed by atoms with van der Waals surface area (Å²) < 4.78 is 0. The summed E-state index contributed by atoms with van der Waals surface area (Å²) in [6, 6.07) is 1.76. The lowest BCUT2D eigenvalue weighted by molar-refractivity contribution is 1.19. The number of pyridine rings is 1. The van der Waals surface area contributed by atoms with Crippen molar-refractivity contribution in [2.75, 3.05) is 5.73 Å². The Balaban J connectivity index is 2.91. The fourth-order valence-corrected chi connectivity index (χ4v) is 0.706. The normalized spacial score (nSPS) is 9.20. The number of rotatable bonds is 2. The van der Waals surface area contributed by atoms with Gasteiger partial charge in [0.15, 0.2) is 0 Å². The minimum absolute atomic E-state index is 0.731. The van der Waals surface area contributed by atoms with Gasteiger partial charge in [0.25, 0.3) is 0 Å². The van der Waals surface area contributed by atoms with Crippen molar-refractivity contribution in [1.29, 1.82) is 0 Å². The number of allylic oxidation sites excluding steroid dienone is 1. The zero-order valence-electron chi connectivity index (χ0n) is 5.67. The third-order valence-electron chi connectivity index (χ3n) is 1.23. The number of anilines is 1. The molecule has 0 bridgehead atoms. The van der Waals surface area contributed by atoms with E-state index in [9.17, 15) is 0 Å². The minimum atomic E-state index is 0.731. The molecule has 0 saturated heterocycles. The van der Waals surface area contributed by atoms with Crippen molar-refractivity contribution in [3.05, 3.63) is 36.7 Å². The predicted octanol–water partition coefficient (Wildman–Crippen LogP) is 1.19. The summed E-state index contributed by atoms with van der Waals surface area (Å²) in [6.07, 6.45) is 6.94. The standard InChI is InChI=1S/C8H9N2/c1-2-3-7-6-10-5-4-8(7)9/h2,4-5H,1,3H2,(H2,9,10). The molecule has 2 nitrogen and oxygen atoms in total. The van der Waals surface area contributed by atoms with Crippen LogP contribution in [0.15, 0.2) is 24.9 Å². The van der Waals surface area contributed by atoms with Gasteiger partial charge in [0.1, 0.15) is 0 Å². The molecule has 0 atom stereocenters. The van der Waals surface area contributed by atoms with Crippen molar-refractivity contribution in [2.24, 2.45) is 0 Å². The van der Waals surface area contributed by atoms with Crippen LogP contribution in [0.4, 0.5) is 5.69 Å². The van der Waals surface area contributed by atoms with Gasteiger partial charge in [-0.3, -0.25) is 4.98 Å². The monoisotopic (exact) mass is 133 g/mol. The molecule has 2 N–H and O–H groups in total. The van der Waals surface area contributed by atoms with E-state index in [0.29, 0.717) is 0 Å². The molecule has 0 aromatic carbocycles. The first-order valence-corrected chi connectivity index (χ1v) is 3.06. The topological polar surface area (TPSA) is 38.9 Å². The maximum Gasteiger partial charge on any atom is 0.0945 e. The van der Waals surface area contributed by atoms with E-state index in [1.54, 1.807) is 18.3 Å². The van der Waals surface area contributed by atoms with Crippen LogP contribution < -0.4 is 5.73 Å². The predicted molar refractivity (Wildman–Crippen MR) is 41.4 cm³/mol. The van der Waals surface area contributed by atoms with Crippen LogP contribution in [0.2, 0.25) is 0 Å². The van der Waals surface area contributed by atoms with Gasteiger partial charge in [-0.25, -0.2) is 0 Å². The molecule has 0 unspecified atom stereocenters. The SMILES string of the molecule is C=CCc1[c]nccc1N. The second-order valence-electron chi connectivity index (χ2n) is 1.98. The molecule has 51 valence electrons. The van der Waals surface area contributed by atoms with Crippen LogP contribution in [-0.4, -0.2) is 4.98 Å². The summed E-state index contributed by atoms with van der Waals surface area (Å²) in [5, 5.41) is 0. The molecule has 0 saturated carbocycles. The van der Waals surface area contributed by atoms with Crippen LogP contribution in [0.25, 0.3) is 0 Å². The lowest BCUT2D eigenvalue weighted by atomic mass is 10.2. The molecule has 1 heterocycles. The van der Waals surface area contributed by atoms with Gasteiger partial charge in [0, 0.05) is 17.4 Å². The highest BCUT2D eigenvalue weighted by Gasteiger charge is 1.93. The molecule has 0 aliphatic rings. The number of hydrogen-bond donors (Lipinski definition) is 1. The zero-order valence-corrected chi connectivity index (χ0v) is 5.67. The maximum absolute atomic E-state index is 5.59. The molecule has 2 heteroatoms. The molecular weight excluding hydrogens is 124 g/mol. The first kappa shape index (κ1) is 6.81. The average Bonchev–Trinajstić information content (AvgIpc) is 1.94. The van der Waals surface area contributed by atoms with Crippen LogP contribution in [0.3, 0.4) is 0 Å². The Morgan fingerprint density at radius 2 is 2.60 bits per heavy atom. The number of nitrogens with zero attached hydrogens (tertiary/aromatic N) is 1. The van der Waals surface area contributed by atoms with Gasteiger partial charge in [-0.15, -0.1) is 6.58 Å². The van der Waals surface area contributed by atoms with Gasteiger partial charge in [0.2, 0.25) is 0 Å². The second-order valence-corrected chi connectivity index (χ2v) is 1.98. The van der Waals surface area contributed by atoms with E-state index in [1.807, 2.05) is 0 Å². The fourth-order valence-electron chi connectivity index (χ4n) is 0.706.